The van der Waals surface area contributed by atoms with Crippen molar-refractivity contribution in [1.29, 1.82) is 0 Å². The average molecular weight is 274 g/mol. The van der Waals surface area contributed by atoms with Gasteiger partial charge in [-0.3, -0.25) is 14.9 Å². The zero-order chi connectivity index (χ0) is 13.4. The molecule has 0 aromatic heterocycles. The number of nitrogens with one attached hydrogen (secondary N) is 2. The van der Waals surface area contributed by atoms with Crippen LogP contribution in [0, 0.1) is 0 Å². The summed E-state index contributed by atoms with van der Waals surface area (Å²) in [6.07, 6.45) is 3.04. The first kappa shape index (κ1) is 14.8. The fourth-order valence-corrected chi connectivity index (χ4v) is 2.87. The second kappa shape index (κ2) is 7.97. The van der Waals surface area contributed by atoms with Gasteiger partial charge in [0.15, 0.2) is 0 Å². The normalized spacial score (nSPS) is 19.0. The molecule has 0 saturated carbocycles. The lowest BCUT2D eigenvalue weighted by molar-refractivity contribution is -0.138. The lowest BCUT2D eigenvalue weighted by Crippen LogP contribution is -2.42. The number of hydrogen-bond acceptors (Lipinski definition) is 4. The van der Waals surface area contributed by atoms with Crippen LogP contribution in [0.25, 0.3) is 0 Å². The van der Waals surface area contributed by atoms with Gasteiger partial charge >= 0.3 is 12.0 Å². The first-order valence-electron chi connectivity index (χ1n) is 5.99. The van der Waals surface area contributed by atoms with Crippen LogP contribution >= 0.6 is 11.8 Å². The van der Waals surface area contributed by atoms with Crippen molar-refractivity contribution < 1.29 is 19.5 Å². The quantitative estimate of drug-likeness (QED) is 0.694. The van der Waals surface area contributed by atoms with E-state index in [4.69, 9.17) is 5.11 Å². The Bertz CT molecular complexity index is 316. The van der Waals surface area contributed by atoms with Crippen LogP contribution in [-0.4, -0.2) is 40.6 Å². The Morgan fingerprint density at radius 1 is 1.22 bits per heavy atom. The second-order valence-corrected chi connectivity index (χ2v) is 5.55. The number of aliphatic carboxylic acids is 1. The van der Waals surface area contributed by atoms with Crippen LogP contribution in [0.2, 0.25) is 0 Å². The van der Waals surface area contributed by atoms with Crippen molar-refractivity contribution in [3.8, 4) is 0 Å². The minimum Gasteiger partial charge on any atom is -0.481 e. The molecule has 0 bridgehead atoms. The summed E-state index contributed by atoms with van der Waals surface area (Å²) in [5, 5.41) is 13.5. The van der Waals surface area contributed by atoms with Crippen molar-refractivity contribution in [2.24, 2.45) is 0 Å². The largest absolute Gasteiger partial charge is 0.481 e. The molecule has 0 aromatic rings. The van der Waals surface area contributed by atoms with E-state index in [0.717, 1.165) is 12.2 Å². The molecule has 1 rings (SSSR count). The highest BCUT2D eigenvalue weighted by molar-refractivity contribution is 7.99. The van der Waals surface area contributed by atoms with Gasteiger partial charge in [-0.1, -0.05) is 6.42 Å². The van der Waals surface area contributed by atoms with Crippen LogP contribution in [-0.2, 0) is 9.59 Å². The van der Waals surface area contributed by atoms with Crippen molar-refractivity contribution in [3.63, 3.8) is 0 Å². The molecule has 6 nitrogen and oxygen atoms in total. The predicted octanol–water partition coefficient (Wildman–Crippen LogP) is 0.963. The molecule has 102 valence electrons. The van der Waals surface area contributed by atoms with Crippen LogP contribution in [0.4, 0.5) is 4.79 Å². The first-order valence-corrected chi connectivity index (χ1v) is 7.04. The van der Waals surface area contributed by atoms with Crippen LogP contribution in [0.3, 0.4) is 0 Å². The van der Waals surface area contributed by atoms with Crippen molar-refractivity contribution >= 4 is 29.7 Å². The molecule has 1 atom stereocenters. The Balaban J connectivity index is 2.12. The van der Waals surface area contributed by atoms with Gasteiger partial charge in [0.1, 0.15) is 0 Å². The number of carboxylic acids is 1. The Kier molecular flexibility index (Phi) is 6.56. The zero-order valence-corrected chi connectivity index (χ0v) is 10.9. The highest BCUT2D eigenvalue weighted by Crippen LogP contribution is 2.24. The molecular weight excluding hydrogens is 256 g/mol. The van der Waals surface area contributed by atoms with Gasteiger partial charge in [0.25, 0.3) is 0 Å². The lowest BCUT2D eigenvalue weighted by Gasteiger charge is -2.21. The van der Waals surface area contributed by atoms with Crippen LogP contribution < -0.4 is 10.6 Å². The number of urea groups is 1. The van der Waals surface area contributed by atoms with Gasteiger partial charge in [-0.15, -0.1) is 0 Å². The summed E-state index contributed by atoms with van der Waals surface area (Å²) in [5.41, 5.74) is 0. The van der Waals surface area contributed by atoms with Crippen LogP contribution in [0.5, 0.6) is 0 Å². The summed E-state index contributed by atoms with van der Waals surface area (Å²) in [6, 6.07) is -0.545. The number of carbonyl (C=O) groups is 3. The van der Waals surface area contributed by atoms with Crippen LogP contribution in [0.15, 0.2) is 0 Å². The molecule has 0 spiro atoms. The summed E-state index contributed by atoms with van der Waals surface area (Å²) in [7, 11) is 0. The smallest absolute Gasteiger partial charge is 0.321 e. The lowest BCUT2D eigenvalue weighted by atomic mass is 10.2. The Morgan fingerprint density at radius 3 is 2.61 bits per heavy atom. The first-order chi connectivity index (χ1) is 8.58. The number of thioether (sulfide) groups is 1. The third-order valence-corrected chi connectivity index (χ3v) is 3.98. The van der Waals surface area contributed by atoms with Crippen molar-refractivity contribution in [3.05, 3.63) is 0 Å². The van der Waals surface area contributed by atoms with E-state index in [9.17, 15) is 14.4 Å². The minimum absolute atomic E-state index is 0.180. The summed E-state index contributed by atoms with van der Waals surface area (Å²) in [5.74, 6) is -0.499. The molecule has 3 N–H and O–H groups in total. The maximum absolute atomic E-state index is 11.3. The van der Waals surface area contributed by atoms with E-state index >= 15 is 0 Å². The number of rotatable bonds is 5. The number of amides is 3. The Morgan fingerprint density at radius 2 is 2.00 bits per heavy atom. The average Bonchev–Trinajstić information content (AvgIpc) is 2.35. The SMILES string of the molecule is O=C(O)CCC(=O)NC(=O)NCC1CCCCS1. The number of imide groups is 1. The summed E-state index contributed by atoms with van der Waals surface area (Å²) < 4.78 is 0. The van der Waals surface area contributed by atoms with Crippen molar-refractivity contribution in [2.45, 2.75) is 37.4 Å². The van der Waals surface area contributed by atoms with Gasteiger partial charge in [-0.2, -0.15) is 11.8 Å². The molecule has 1 unspecified atom stereocenters. The molecule has 1 fully saturated rings. The van der Waals surface area contributed by atoms with E-state index in [1.807, 2.05) is 11.8 Å². The molecule has 1 aliphatic rings. The third kappa shape index (κ3) is 6.48. The summed E-state index contributed by atoms with van der Waals surface area (Å²) >= 11 is 1.83. The molecule has 0 aromatic carbocycles. The second-order valence-electron chi connectivity index (χ2n) is 4.14. The number of carboxylic acid groups (broad SMARTS) is 1. The standard InChI is InChI=1S/C11H18N2O4S/c14-9(4-5-10(15)16)13-11(17)12-7-8-3-1-2-6-18-8/h8H,1-7H2,(H,15,16)(H2,12,13,14,17). The fourth-order valence-electron chi connectivity index (χ4n) is 1.63. The van der Waals surface area contributed by atoms with E-state index in [-0.39, 0.29) is 12.8 Å². The molecule has 0 radical (unpaired) electrons. The van der Waals surface area contributed by atoms with E-state index in [0.29, 0.717) is 11.8 Å². The molecule has 7 heteroatoms. The van der Waals surface area contributed by atoms with Gasteiger partial charge in [0.2, 0.25) is 5.91 Å². The molecule has 18 heavy (non-hydrogen) atoms. The topological polar surface area (TPSA) is 95.5 Å². The van der Waals surface area contributed by atoms with E-state index in [1.54, 1.807) is 0 Å². The van der Waals surface area contributed by atoms with E-state index < -0.39 is 17.9 Å². The molecule has 1 heterocycles. The monoisotopic (exact) mass is 274 g/mol. The third-order valence-electron chi connectivity index (χ3n) is 2.58. The maximum atomic E-state index is 11.3. The van der Waals surface area contributed by atoms with Gasteiger partial charge in [0.05, 0.1) is 6.42 Å². The van der Waals surface area contributed by atoms with Gasteiger partial charge in [-0.25, -0.2) is 4.79 Å². The fraction of sp³-hybridized carbons (Fsp3) is 0.727. The van der Waals surface area contributed by atoms with Gasteiger partial charge in [-0.05, 0) is 18.6 Å². The summed E-state index contributed by atoms with van der Waals surface area (Å²) in [6.45, 7) is 0.544. The van der Waals surface area contributed by atoms with E-state index in [2.05, 4.69) is 10.6 Å². The van der Waals surface area contributed by atoms with Crippen LogP contribution in [0.1, 0.15) is 32.1 Å². The van der Waals surface area contributed by atoms with Crippen molar-refractivity contribution in [1.82, 2.24) is 10.6 Å². The maximum Gasteiger partial charge on any atom is 0.321 e. The van der Waals surface area contributed by atoms with Gasteiger partial charge in [0, 0.05) is 18.2 Å². The Hall–Kier alpha value is -1.24. The highest BCUT2D eigenvalue weighted by atomic mass is 32.2. The molecule has 1 saturated heterocycles. The Labute approximate surface area is 110 Å². The summed E-state index contributed by atoms with van der Waals surface area (Å²) in [4.78, 5) is 32.7. The zero-order valence-electron chi connectivity index (χ0n) is 10.1. The minimum atomic E-state index is -1.05. The van der Waals surface area contributed by atoms with Crippen molar-refractivity contribution in [2.75, 3.05) is 12.3 Å². The predicted molar refractivity (Wildman–Crippen MR) is 68.5 cm³/mol. The molecule has 1 aliphatic heterocycles. The molecule has 0 aliphatic carbocycles. The molecule has 3 amide bonds. The molecular formula is C11H18N2O4S. The number of hydrogen-bond donors (Lipinski definition) is 3. The highest BCUT2D eigenvalue weighted by Gasteiger charge is 2.15. The van der Waals surface area contributed by atoms with E-state index in [1.165, 1.54) is 12.8 Å². The number of carbonyl (C=O) groups excluding carboxylic acids is 2. The van der Waals surface area contributed by atoms with Gasteiger partial charge < -0.3 is 10.4 Å².